The van der Waals surface area contributed by atoms with Gasteiger partial charge in [0.1, 0.15) is 5.76 Å². The molecule has 2 heterocycles. The van der Waals surface area contributed by atoms with Crippen LogP contribution in [-0.2, 0) is 11.0 Å². The molecule has 0 saturated heterocycles. The number of hydrogen-bond donors (Lipinski definition) is 0. The lowest BCUT2D eigenvalue weighted by Crippen LogP contribution is -2.32. The number of rotatable bonds is 3. The van der Waals surface area contributed by atoms with Crippen LogP contribution in [0.4, 0.5) is 13.2 Å². The average Bonchev–Trinajstić information content (AvgIpc) is 3.28. The number of fused-ring (bicyclic) bond motifs is 1. The Hall–Kier alpha value is -3.88. The number of furan rings is 1. The minimum Gasteiger partial charge on any atom is -0.449 e. The molecule has 0 fully saturated rings. The normalized spacial score (nSPS) is 13.6. The summed E-state index contributed by atoms with van der Waals surface area (Å²) in [6.07, 6.45) is -4.62. The van der Waals surface area contributed by atoms with Crippen molar-refractivity contribution in [1.29, 1.82) is 0 Å². The second-order valence-electron chi connectivity index (χ2n) is 6.04. The summed E-state index contributed by atoms with van der Waals surface area (Å²) in [7, 11) is 0. The first-order chi connectivity index (χ1) is 13.8. The number of carbonyl (C=O) groups is 3. The van der Waals surface area contributed by atoms with Gasteiger partial charge in [0.2, 0.25) is 5.76 Å². The van der Waals surface area contributed by atoms with Gasteiger partial charge in [-0.1, -0.05) is 35.4 Å². The van der Waals surface area contributed by atoms with Crippen molar-refractivity contribution in [2.75, 3.05) is 0 Å². The standard InChI is InChI=1S/C20H10F3NO5/c21-20(22,23)14-8-4-3-7-13(14)15-9-10-16(28-15)19(27)29-24-17(25)11-5-1-2-6-12(11)18(24)26/h1-10H. The van der Waals surface area contributed by atoms with E-state index in [1.807, 2.05) is 0 Å². The highest BCUT2D eigenvalue weighted by molar-refractivity contribution is 6.21. The average molecular weight is 401 g/mol. The van der Waals surface area contributed by atoms with Crippen LogP contribution in [-0.4, -0.2) is 22.8 Å². The first-order valence-corrected chi connectivity index (χ1v) is 8.24. The van der Waals surface area contributed by atoms with Crippen molar-refractivity contribution in [3.63, 3.8) is 0 Å². The van der Waals surface area contributed by atoms with Crippen molar-refractivity contribution in [1.82, 2.24) is 5.06 Å². The molecule has 2 amide bonds. The quantitative estimate of drug-likeness (QED) is 0.611. The molecule has 4 rings (SSSR count). The molecule has 2 aromatic carbocycles. The highest BCUT2D eigenvalue weighted by Gasteiger charge is 2.39. The summed E-state index contributed by atoms with van der Waals surface area (Å²) < 4.78 is 44.7. The number of nitrogens with zero attached hydrogens (tertiary/aromatic N) is 1. The van der Waals surface area contributed by atoms with Crippen LogP contribution in [0, 0.1) is 0 Å². The molecule has 3 aromatic rings. The molecular formula is C20H10F3NO5. The zero-order valence-electron chi connectivity index (χ0n) is 14.4. The topological polar surface area (TPSA) is 76.8 Å². The van der Waals surface area contributed by atoms with Gasteiger partial charge in [-0.15, -0.1) is 0 Å². The summed E-state index contributed by atoms with van der Waals surface area (Å²) in [4.78, 5) is 41.6. The Labute approximate surface area is 161 Å². The van der Waals surface area contributed by atoms with E-state index in [-0.39, 0.29) is 22.5 Å². The minimum absolute atomic E-state index is 0.0736. The summed E-state index contributed by atoms with van der Waals surface area (Å²) in [5, 5.41) is 0.291. The summed E-state index contributed by atoms with van der Waals surface area (Å²) in [5.41, 5.74) is -1.05. The third-order valence-electron chi connectivity index (χ3n) is 4.24. The molecule has 146 valence electrons. The van der Waals surface area contributed by atoms with E-state index in [9.17, 15) is 27.6 Å². The Kier molecular flexibility index (Phi) is 4.22. The fourth-order valence-corrected chi connectivity index (χ4v) is 2.92. The number of imide groups is 1. The van der Waals surface area contributed by atoms with E-state index < -0.39 is 35.3 Å². The Morgan fingerprint density at radius 2 is 1.38 bits per heavy atom. The Morgan fingerprint density at radius 3 is 1.97 bits per heavy atom. The molecule has 0 atom stereocenters. The van der Waals surface area contributed by atoms with Gasteiger partial charge >= 0.3 is 12.1 Å². The Bertz CT molecular complexity index is 1110. The molecule has 1 aromatic heterocycles. The molecule has 0 unspecified atom stereocenters. The molecule has 1 aliphatic rings. The van der Waals surface area contributed by atoms with Crippen molar-refractivity contribution in [2.24, 2.45) is 0 Å². The van der Waals surface area contributed by atoms with E-state index in [0.29, 0.717) is 5.06 Å². The minimum atomic E-state index is -4.62. The van der Waals surface area contributed by atoms with Crippen LogP contribution in [0.15, 0.2) is 65.1 Å². The van der Waals surface area contributed by atoms with Crippen LogP contribution in [0.3, 0.4) is 0 Å². The number of alkyl halides is 3. The zero-order valence-corrected chi connectivity index (χ0v) is 14.4. The lowest BCUT2D eigenvalue weighted by molar-refractivity contribution is -0.137. The van der Waals surface area contributed by atoms with Gasteiger partial charge in [0.05, 0.1) is 16.7 Å². The van der Waals surface area contributed by atoms with Gasteiger partial charge in [0.15, 0.2) is 0 Å². The Balaban J connectivity index is 1.58. The maximum atomic E-state index is 13.2. The van der Waals surface area contributed by atoms with E-state index in [1.54, 1.807) is 12.1 Å². The number of halogens is 3. The largest absolute Gasteiger partial charge is 0.449 e. The predicted octanol–water partition coefficient (Wildman–Crippen LogP) is 4.33. The van der Waals surface area contributed by atoms with Crippen molar-refractivity contribution < 1.29 is 36.8 Å². The van der Waals surface area contributed by atoms with Crippen LogP contribution >= 0.6 is 0 Å². The van der Waals surface area contributed by atoms with Crippen molar-refractivity contribution in [3.05, 3.63) is 83.1 Å². The molecule has 0 saturated carbocycles. The molecule has 1 aliphatic heterocycles. The Morgan fingerprint density at radius 1 is 0.828 bits per heavy atom. The smallest absolute Gasteiger partial charge is 0.417 e. The molecular weight excluding hydrogens is 391 g/mol. The molecule has 9 heteroatoms. The van der Waals surface area contributed by atoms with E-state index in [0.717, 1.165) is 12.1 Å². The first-order valence-electron chi connectivity index (χ1n) is 8.24. The zero-order chi connectivity index (χ0) is 20.8. The third-order valence-corrected chi connectivity index (χ3v) is 4.24. The highest BCUT2D eigenvalue weighted by atomic mass is 19.4. The van der Waals surface area contributed by atoms with Crippen molar-refractivity contribution >= 4 is 17.8 Å². The molecule has 0 aliphatic carbocycles. The number of hydrogen-bond acceptors (Lipinski definition) is 5. The number of hydroxylamine groups is 2. The maximum absolute atomic E-state index is 13.2. The van der Waals surface area contributed by atoms with Gasteiger partial charge in [-0.25, -0.2) is 4.79 Å². The van der Waals surface area contributed by atoms with Gasteiger partial charge in [0.25, 0.3) is 11.8 Å². The van der Waals surface area contributed by atoms with Crippen LogP contribution in [0.5, 0.6) is 0 Å². The lowest BCUT2D eigenvalue weighted by Gasteiger charge is -2.12. The van der Waals surface area contributed by atoms with Gasteiger partial charge in [0, 0.05) is 5.56 Å². The molecule has 6 nitrogen and oxygen atoms in total. The molecule has 0 bridgehead atoms. The van der Waals surface area contributed by atoms with Crippen molar-refractivity contribution in [3.8, 4) is 11.3 Å². The summed E-state index contributed by atoms with van der Waals surface area (Å²) in [6.45, 7) is 0. The predicted molar refractivity (Wildman–Crippen MR) is 91.5 cm³/mol. The van der Waals surface area contributed by atoms with E-state index in [4.69, 9.17) is 9.25 Å². The molecule has 0 radical (unpaired) electrons. The van der Waals surface area contributed by atoms with Gasteiger partial charge in [-0.2, -0.15) is 13.2 Å². The maximum Gasteiger partial charge on any atom is 0.417 e. The number of carbonyl (C=O) groups excluding carboxylic acids is 3. The van der Waals surface area contributed by atoms with E-state index in [1.165, 1.54) is 36.4 Å². The molecule has 0 spiro atoms. The highest BCUT2D eigenvalue weighted by Crippen LogP contribution is 2.37. The summed E-state index contributed by atoms with van der Waals surface area (Å²) in [6, 6.07) is 12.9. The fraction of sp³-hybridized carbons (Fsp3) is 0.0500. The second-order valence-corrected chi connectivity index (χ2v) is 6.04. The lowest BCUT2D eigenvalue weighted by atomic mass is 10.1. The van der Waals surface area contributed by atoms with E-state index >= 15 is 0 Å². The van der Waals surface area contributed by atoms with Crippen LogP contribution < -0.4 is 0 Å². The fourth-order valence-electron chi connectivity index (χ4n) is 2.92. The van der Waals surface area contributed by atoms with Gasteiger partial charge < -0.3 is 9.25 Å². The second kappa shape index (κ2) is 6.62. The summed E-state index contributed by atoms with van der Waals surface area (Å²) >= 11 is 0. The van der Waals surface area contributed by atoms with Crippen LogP contribution in [0.2, 0.25) is 0 Å². The first kappa shape index (κ1) is 18.5. The number of benzene rings is 2. The van der Waals surface area contributed by atoms with Crippen molar-refractivity contribution in [2.45, 2.75) is 6.18 Å². The van der Waals surface area contributed by atoms with Gasteiger partial charge in [-0.3, -0.25) is 9.59 Å². The van der Waals surface area contributed by atoms with E-state index in [2.05, 4.69) is 0 Å². The molecule has 0 N–H and O–H groups in total. The van der Waals surface area contributed by atoms with Gasteiger partial charge in [-0.05, 0) is 30.3 Å². The third kappa shape index (κ3) is 3.16. The van der Waals surface area contributed by atoms with Crippen LogP contribution in [0.1, 0.15) is 36.8 Å². The summed E-state index contributed by atoms with van der Waals surface area (Å²) in [5.74, 6) is -3.53. The van der Waals surface area contributed by atoms with Crippen LogP contribution in [0.25, 0.3) is 11.3 Å². The molecule has 29 heavy (non-hydrogen) atoms. The number of amides is 2. The SMILES string of the molecule is O=C(ON1C(=O)c2ccccc2C1=O)c1ccc(-c2ccccc2C(F)(F)F)o1. The monoisotopic (exact) mass is 401 g/mol.